The molecule has 22 heavy (non-hydrogen) atoms. The second-order valence-electron chi connectivity index (χ2n) is 5.41. The van der Waals surface area contributed by atoms with Gasteiger partial charge in [-0.3, -0.25) is 4.98 Å². The second-order valence-corrected chi connectivity index (χ2v) is 5.41. The van der Waals surface area contributed by atoms with Crippen molar-refractivity contribution < 1.29 is 0 Å². The largest absolute Gasteiger partial charge is 0.301 e. The van der Waals surface area contributed by atoms with E-state index in [-0.39, 0.29) is 6.04 Å². The van der Waals surface area contributed by atoms with Crippen molar-refractivity contribution in [2.24, 2.45) is 0 Å². The van der Waals surface area contributed by atoms with Gasteiger partial charge in [-0.25, -0.2) is 0 Å². The van der Waals surface area contributed by atoms with E-state index in [0.29, 0.717) is 0 Å². The first-order valence-corrected chi connectivity index (χ1v) is 7.58. The van der Waals surface area contributed by atoms with Crippen LogP contribution in [-0.2, 0) is 6.54 Å². The van der Waals surface area contributed by atoms with E-state index in [1.165, 1.54) is 16.7 Å². The van der Waals surface area contributed by atoms with Crippen molar-refractivity contribution >= 4 is 0 Å². The third-order valence-corrected chi connectivity index (χ3v) is 3.84. The number of aromatic nitrogens is 1. The fourth-order valence-electron chi connectivity index (χ4n) is 2.65. The van der Waals surface area contributed by atoms with Gasteiger partial charge in [-0.15, -0.1) is 0 Å². The van der Waals surface area contributed by atoms with Crippen LogP contribution < -0.4 is 5.32 Å². The Balaban J connectivity index is 1.89. The van der Waals surface area contributed by atoms with Crippen molar-refractivity contribution in [1.82, 2.24) is 10.3 Å². The Morgan fingerprint density at radius 3 is 2.32 bits per heavy atom. The van der Waals surface area contributed by atoms with E-state index >= 15 is 0 Å². The molecule has 3 aromatic rings. The summed E-state index contributed by atoms with van der Waals surface area (Å²) in [6.45, 7) is 2.96. The molecule has 3 rings (SSSR count). The summed E-state index contributed by atoms with van der Waals surface area (Å²) in [6, 6.07) is 25.1. The first kappa shape index (κ1) is 14.5. The average molecular weight is 288 g/mol. The molecule has 1 N–H and O–H groups in total. The third-order valence-electron chi connectivity index (χ3n) is 3.84. The Bertz CT molecular complexity index is 708. The molecule has 1 unspecified atom stereocenters. The van der Waals surface area contributed by atoms with Gasteiger partial charge < -0.3 is 5.32 Å². The lowest BCUT2D eigenvalue weighted by Crippen LogP contribution is -2.23. The van der Waals surface area contributed by atoms with Crippen molar-refractivity contribution in [2.45, 2.75) is 19.5 Å². The summed E-state index contributed by atoms with van der Waals surface area (Å²) in [7, 11) is 0. The number of hydrogen-bond donors (Lipinski definition) is 1. The molecule has 0 aliphatic carbocycles. The normalized spacial score (nSPS) is 12.0. The Morgan fingerprint density at radius 1 is 0.864 bits per heavy atom. The van der Waals surface area contributed by atoms with Crippen LogP contribution in [-0.4, -0.2) is 4.98 Å². The molecule has 2 aromatic carbocycles. The Morgan fingerprint density at radius 2 is 1.59 bits per heavy atom. The first-order valence-electron chi connectivity index (χ1n) is 7.58. The Hall–Kier alpha value is -2.45. The highest BCUT2D eigenvalue weighted by atomic mass is 14.9. The maximum absolute atomic E-state index is 4.55. The van der Waals surface area contributed by atoms with E-state index in [0.717, 1.165) is 12.2 Å². The summed E-state index contributed by atoms with van der Waals surface area (Å²) in [4.78, 5) is 4.55. The van der Waals surface area contributed by atoms with Crippen LogP contribution in [0.3, 0.4) is 0 Å². The van der Waals surface area contributed by atoms with E-state index in [1.807, 2.05) is 24.4 Å². The maximum atomic E-state index is 4.55. The molecule has 1 heterocycles. The molecule has 0 amide bonds. The van der Waals surface area contributed by atoms with E-state index < -0.39 is 0 Å². The third kappa shape index (κ3) is 3.41. The first-order chi connectivity index (χ1) is 10.8. The molecule has 0 fully saturated rings. The standard InChI is InChI=1S/C20H20N2/c1-16-9-5-6-12-18(16)20(19-13-7-8-14-21-19)22-15-17-10-3-2-4-11-17/h2-14,20,22H,15H2,1H3. The summed E-state index contributed by atoms with van der Waals surface area (Å²) in [5.74, 6) is 0. The second kappa shape index (κ2) is 7.01. The van der Waals surface area contributed by atoms with E-state index in [2.05, 4.69) is 71.8 Å². The van der Waals surface area contributed by atoms with Gasteiger partial charge in [0.2, 0.25) is 0 Å². The molecule has 2 nitrogen and oxygen atoms in total. The van der Waals surface area contributed by atoms with E-state index in [9.17, 15) is 0 Å². The van der Waals surface area contributed by atoms with Gasteiger partial charge in [0.1, 0.15) is 0 Å². The van der Waals surface area contributed by atoms with Crippen LogP contribution in [0.25, 0.3) is 0 Å². The lowest BCUT2D eigenvalue weighted by molar-refractivity contribution is 0.589. The minimum atomic E-state index is 0.0996. The minimum absolute atomic E-state index is 0.0996. The Labute approximate surface area is 131 Å². The monoisotopic (exact) mass is 288 g/mol. The van der Waals surface area contributed by atoms with Crippen LogP contribution in [0.4, 0.5) is 0 Å². The van der Waals surface area contributed by atoms with Crippen molar-refractivity contribution in [3.63, 3.8) is 0 Å². The van der Waals surface area contributed by atoms with Gasteiger partial charge in [-0.05, 0) is 35.7 Å². The molecule has 1 atom stereocenters. The number of nitrogens with zero attached hydrogens (tertiary/aromatic N) is 1. The van der Waals surface area contributed by atoms with Gasteiger partial charge in [-0.1, -0.05) is 60.7 Å². The van der Waals surface area contributed by atoms with Crippen molar-refractivity contribution in [1.29, 1.82) is 0 Å². The Kier molecular flexibility index (Phi) is 4.62. The highest BCUT2D eigenvalue weighted by molar-refractivity contribution is 5.34. The molecular weight excluding hydrogens is 268 g/mol. The molecule has 110 valence electrons. The number of rotatable bonds is 5. The molecule has 0 aliphatic rings. The predicted molar refractivity (Wildman–Crippen MR) is 90.5 cm³/mol. The highest BCUT2D eigenvalue weighted by Crippen LogP contribution is 2.23. The number of hydrogen-bond acceptors (Lipinski definition) is 2. The van der Waals surface area contributed by atoms with Crippen molar-refractivity contribution in [2.75, 3.05) is 0 Å². The molecule has 0 bridgehead atoms. The maximum Gasteiger partial charge on any atom is 0.0756 e. The van der Waals surface area contributed by atoms with Crippen LogP contribution in [0, 0.1) is 6.92 Å². The van der Waals surface area contributed by atoms with Crippen LogP contribution >= 0.6 is 0 Å². The smallest absolute Gasteiger partial charge is 0.0756 e. The average Bonchev–Trinajstić information content (AvgIpc) is 2.58. The topological polar surface area (TPSA) is 24.9 Å². The van der Waals surface area contributed by atoms with Crippen LogP contribution in [0.15, 0.2) is 79.0 Å². The number of nitrogens with one attached hydrogen (secondary N) is 1. The van der Waals surface area contributed by atoms with Gasteiger partial charge in [0.05, 0.1) is 11.7 Å². The zero-order chi connectivity index (χ0) is 15.2. The summed E-state index contributed by atoms with van der Waals surface area (Å²) < 4.78 is 0. The van der Waals surface area contributed by atoms with E-state index in [1.54, 1.807) is 0 Å². The number of pyridine rings is 1. The molecule has 0 saturated heterocycles. The quantitative estimate of drug-likeness (QED) is 0.758. The summed E-state index contributed by atoms with van der Waals surface area (Å²) in [5, 5.41) is 3.65. The molecule has 1 aromatic heterocycles. The van der Waals surface area contributed by atoms with Gasteiger partial charge in [0, 0.05) is 12.7 Å². The van der Waals surface area contributed by atoms with Crippen LogP contribution in [0.2, 0.25) is 0 Å². The molecule has 0 aliphatic heterocycles. The fraction of sp³-hybridized carbons (Fsp3) is 0.150. The molecule has 2 heteroatoms. The molecule has 0 spiro atoms. The predicted octanol–water partition coefficient (Wildman–Crippen LogP) is 4.27. The van der Waals surface area contributed by atoms with Crippen LogP contribution in [0.5, 0.6) is 0 Å². The SMILES string of the molecule is Cc1ccccc1C(NCc1ccccc1)c1ccccn1. The minimum Gasteiger partial charge on any atom is -0.301 e. The zero-order valence-electron chi connectivity index (χ0n) is 12.7. The van der Waals surface area contributed by atoms with Gasteiger partial charge in [0.15, 0.2) is 0 Å². The fourth-order valence-corrected chi connectivity index (χ4v) is 2.65. The van der Waals surface area contributed by atoms with Gasteiger partial charge in [-0.2, -0.15) is 0 Å². The zero-order valence-corrected chi connectivity index (χ0v) is 12.7. The van der Waals surface area contributed by atoms with Crippen molar-refractivity contribution in [3.8, 4) is 0 Å². The van der Waals surface area contributed by atoms with E-state index in [4.69, 9.17) is 0 Å². The lowest BCUT2D eigenvalue weighted by atomic mass is 9.98. The number of benzene rings is 2. The van der Waals surface area contributed by atoms with Crippen molar-refractivity contribution in [3.05, 3.63) is 101 Å². The summed E-state index contributed by atoms with van der Waals surface area (Å²) >= 11 is 0. The summed E-state index contributed by atoms with van der Waals surface area (Å²) in [5.41, 5.74) is 4.88. The molecule has 0 radical (unpaired) electrons. The highest BCUT2D eigenvalue weighted by Gasteiger charge is 2.16. The molecule has 0 saturated carbocycles. The number of aryl methyl sites for hydroxylation is 1. The van der Waals surface area contributed by atoms with Gasteiger partial charge in [0.25, 0.3) is 0 Å². The lowest BCUT2D eigenvalue weighted by Gasteiger charge is -2.21. The van der Waals surface area contributed by atoms with Crippen LogP contribution in [0.1, 0.15) is 28.4 Å². The molecular formula is C20H20N2. The van der Waals surface area contributed by atoms with Gasteiger partial charge >= 0.3 is 0 Å². The summed E-state index contributed by atoms with van der Waals surface area (Å²) in [6.07, 6.45) is 1.85.